The summed E-state index contributed by atoms with van der Waals surface area (Å²) in [5.74, 6) is -0.869. The molecular weight excluding hydrogens is 244 g/mol. The summed E-state index contributed by atoms with van der Waals surface area (Å²) in [6.45, 7) is 13.1. The van der Waals surface area contributed by atoms with Gasteiger partial charge in [-0.25, -0.2) is 0 Å². The molecule has 0 aromatic heterocycles. The molecule has 0 amide bonds. The highest BCUT2D eigenvalue weighted by atomic mass is 16.6. The van der Waals surface area contributed by atoms with E-state index in [9.17, 15) is 9.59 Å². The minimum Gasteiger partial charge on any atom is -0.461 e. The van der Waals surface area contributed by atoms with Crippen LogP contribution < -0.4 is 0 Å². The highest BCUT2D eigenvalue weighted by molar-refractivity contribution is 5.80. The van der Waals surface area contributed by atoms with Crippen molar-refractivity contribution in [2.75, 3.05) is 6.61 Å². The first-order valence-electron chi connectivity index (χ1n) is 6.65. The van der Waals surface area contributed by atoms with E-state index in [1.807, 2.05) is 13.8 Å². The first-order valence-corrected chi connectivity index (χ1v) is 6.65. The van der Waals surface area contributed by atoms with Crippen LogP contribution in [0.15, 0.2) is 12.7 Å². The molecule has 0 radical (unpaired) electrons. The Balaban J connectivity index is 4.54. The van der Waals surface area contributed by atoms with Crippen molar-refractivity contribution >= 4 is 11.9 Å². The fourth-order valence-corrected chi connectivity index (χ4v) is 1.68. The summed E-state index contributed by atoms with van der Waals surface area (Å²) in [5, 5.41) is 0. The minimum atomic E-state index is -0.537. The highest BCUT2D eigenvalue weighted by Crippen LogP contribution is 2.20. The molecule has 0 saturated heterocycles. The number of hydrogen-bond acceptors (Lipinski definition) is 4. The third-order valence-corrected chi connectivity index (χ3v) is 2.27. The van der Waals surface area contributed by atoms with Gasteiger partial charge < -0.3 is 9.47 Å². The quantitative estimate of drug-likeness (QED) is 0.527. The minimum absolute atomic E-state index is 0.0609. The van der Waals surface area contributed by atoms with Gasteiger partial charge in [-0.2, -0.15) is 0 Å². The molecule has 0 aliphatic carbocycles. The van der Waals surface area contributed by atoms with Crippen LogP contribution in [-0.4, -0.2) is 24.1 Å². The molecule has 0 aliphatic rings. The van der Waals surface area contributed by atoms with Crippen LogP contribution in [0.25, 0.3) is 0 Å². The zero-order valence-corrected chi connectivity index (χ0v) is 12.7. The van der Waals surface area contributed by atoms with Crippen LogP contribution in [0.1, 0.15) is 47.5 Å². The van der Waals surface area contributed by atoms with Gasteiger partial charge in [0.2, 0.25) is 0 Å². The van der Waals surface area contributed by atoms with Gasteiger partial charge in [0, 0.05) is 0 Å². The third kappa shape index (κ3) is 9.28. The predicted octanol–water partition coefficient (Wildman–Crippen LogP) is 3.11. The Morgan fingerprint density at radius 3 is 2.26 bits per heavy atom. The van der Waals surface area contributed by atoms with Gasteiger partial charge in [0.1, 0.15) is 12.2 Å². The molecule has 0 aromatic carbocycles. The summed E-state index contributed by atoms with van der Waals surface area (Å²) in [4.78, 5) is 23.6. The standard InChI is InChI=1S/C15H26O4/c1-7-8-18-14(17)12(9-11(2)3)10-13(16)19-15(4,5)6/h7,11-12H,1,8-10H2,2-6H3/t12-/m1/s1. The van der Waals surface area contributed by atoms with Gasteiger partial charge in [0.15, 0.2) is 0 Å². The van der Waals surface area contributed by atoms with Crippen LogP contribution in [0.5, 0.6) is 0 Å². The number of carbonyl (C=O) groups is 2. The van der Waals surface area contributed by atoms with Crippen LogP contribution >= 0.6 is 0 Å². The van der Waals surface area contributed by atoms with Crippen molar-refractivity contribution in [3.63, 3.8) is 0 Å². The van der Waals surface area contributed by atoms with Gasteiger partial charge in [-0.15, -0.1) is 0 Å². The second-order valence-corrected chi connectivity index (χ2v) is 6.04. The zero-order chi connectivity index (χ0) is 15.1. The van der Waals surface area contributed by atoms with Gasteiger partial charge in [-0.3, -0.25) is 9.59 Å². The van der Waals surface area contributed by atoms with Gasteiger partial charge in [0.05, 0.1) is 12.3 Å². The molecular formula is C15H26O4. The molecule has 0 spiro atoms. The molecule has 4 heteroatoms. The van der Waals surface area contributed by atoms with Crippen LogP contribution in [0.4, 0.5) is 0 Å². The van der Waals surface area contributed by atoms with E-state index in [1.165, 1.54) is 6.08 Å². The van der Waals surface area contributed by atoms with Gasteiger partial charge >= 0.3 is 11.9 Å². The Kier molecular flexibility index (Phi) is 7.42. The molecule has 0 rings (SSSR count). The summed E-state index contributed by atoms with van der Waals surface area (Å²) >= 11 is 0. The second kappa shape index (κ2) is 7.97. The van der Waals surface area contributed by atoms with E-state index < -0.39 is 11.5 Å². The Morgan fingerprint density at radius 2 is 1.84 bits per heavy atom. The SMILES string of the molecule is C=CCOC(=O)[C@@H](CC(=O)OC(C)(C)C)CC(C)C. The number of hydrogen-bond donors (Lipinski definition) is 0. The van der Waals surface area contributed by atoms with Crippen molar-refractivity contribution in [3.8, 4) is 0 Å². The van der Waals surface area contributed by atoms with E-state index in [0.717, 1.165) is 0 Å². The molecule has 0 heterocycles. The van der Waals surface area contributed by atoms with Crippen molar-refractivity contribution in [3.05, 3.63) is 12.7 Å². The Morgan fingerprint density at radius 1 is 1.26 bits per heavy atom. The average molecular weight is 270 g/mol. The maximum Gasteiger partial charge on any atom is 0.309 e. The van der Waals surface area contributed by atoms with Crippen molar-refractivity contribution in [1.82, 2.24) is 0 Å². The molecule has 1 atom stereocenters. The summed E-state index contributed by atoms with van der Waals surface area (Å²) < 4.78 is 10.3. The fourth-order valence-electron chi connectivity index (χ4n) is 1.68. The van der Waals surface area contributed by atoms with E-state index in [-0.39, 0.29) is 25.0 Å². The Hall–Kier alpha value is -1.32. The average Bonchev–Trinajstić information content (AvgIpc) is 2.21. The van der Waals surface area contributed by atoms with Crippen molar-refractivity contribution in [2.24, 2.45) is 11.8 Å². The molecule has 0 fully saturated rings. The largest absolute Gasteiger partial charge is 0.461 e. The van der Waals surface area contributed by atoms with E-state index in [2.05, 4.69) is 6.58 Å². The first kappa shape index (κ1) is 17.7. The number of carbonyl (C=O) groups excluding carboxylic acids is 2. The molecule has 0 aromatic rings. The third-order valence-electron chi connectivity index (χ3n) is 2.27. The summed E-state index contributed by atoms with van der Waals surface area (Å²) in [5.41, 5.74) is -0.537. The first-order chi connectivity index (χ1) is 8.65. The number of esters is 2. The molecule has 0 aliphatic heterocycles. The van der Waals surface area contributed by atoms with Crippen LogP contribution in [-0.2, 0) is 19.1 Å². The van der Waals surface area contributed by atoms with Gasteiger partial charge in [0.25, 0.3) is 0 Å². The topological polar surface area (TPSA) is 52.6 Å². The van der Waals surface area contributed by atoms with E-state index in [0.29, 0.717) is 12.3 Å². The van der Waals surface area contributed by atoms with Crippen LogP contribution in [0, 0.1) is 11.8 Å². The number of rotatable bonds is 7. The molecule has 0 unspecified atom stereocenters. The summed E-state index contributed by atoms with van der Waals surface area (Å²) in [6.07, 6.45) is 2.18. The van der Waals surface area contributed by atoms with Gasteiger partial charge in [-0.05, 0) is 33.1 Å². The molecule has 0 saturated carbocycles. The number of ether oxygens (including phenoxy) is 2. The summed E-state index contributed by atoms with van der Waals surface area (Å²) in [7, 11) is 0. The van der Waals surface area contributed by atoms with Crippen molar-refractivity contribution in [1.29, 1.82) is 0 Å². The molecule has 19 heavy (non-hydrogen) atoms. The van der Waals surface area contributed by atoms with Crippen LogP contribution in [0.3, 0.4) is 0 Å². The molecule has 0 bridgehead atoms. The lowest BCUT2D eigenvalue weighted by atomic mass is 9.94. The lowest BCUT2D eigenvalue weighted by molar-refractivity contribution is -0.161. The highest BCUT2D eigenvalue weighted by Gasteiger charge is 2.27. The summed E-state index contributed by atoms with van der Waals surface area (Å²) in [6, 6.07) is 0. The second-order valence-electron chi connectivity index (χ2n) is 6.04. The van der Waals surface area contributed by atoms with Crippen molar-refractivity contribution in [2.45, 2.75) is 53.1 Å². The lowest BCUT2D eigenvalue weighted by Gasteiger charge is -2.22. The predicted molar refractivity (Wildman–Crippen MR) is 74.6 cm³/mol. The van der Waals surface area contributed by atoms with E-state index in [4.69, 9.17) is 9.47 Å². The van der Waals surface area contributed by atoms with Gasteiger partial charge in [-0.1, -0.05) is 26.5 Å². The van der Waals surface area contributed by atoms with E-state index >= 15 is 0 Å². The maximum atomic E-state index is 11.9. The molecule has 0 N–H and O–H groups in total. The fraction of sp³-hybridized carbons (Fsp3) is 0.733. The smallest absolute Gasteiger partial charge is 0.309 e. The normalized spacial score (nSPS) is 12.9. The Bertz CT molecular complexity index is 313. The molecule has 4 nitrogen and oxygen atoms in total. The maximum absolute atomic E-state index is 11.9. The van der Waals surface area contributed by atoms with E-state index in [1.54, 1.807) is 20.8 Å². The van der Waals surface area contributed by atoms with Crippen LogP contribution in [0.2, 0.25) is 0 Å². The lowest BCUT2D eigenvalue weighted by Crippen LogP contribution is -2.28. The Labute approximate surface area is 116 Å². The monoisotopic (exact) mass is 270 g/mol. The zero-order valence-electron chi connectivity index (χ0n) is 12.7. The molecule has 110 valence electrons. The van der Waals surface area contributed by atoms with Crippen molar-refractivity contribution < 1.29 is 19.1 Å².